The van der Waals surface area contributed by atoms with Gasteiger partial charge in [0.25, 0.3) is 0 Å². The lowest BCUT2D eigenvalue weighted by Gasteiger charge is -1.97. The summed E-state index contributed by atoms with van der Waals surface area (Å²) < 4.78 is 1.17. The smallest absolute Gasteiger partial charge is 0.0181 e. The van der Waals surface area contributed by atoms with E-state index in [2.05, 4.69) is 46.5 Å². The predicted octanol–water partition coefficient (Wildman–Crippen LogP) is 3.71. The predicted molar refractivity (Wildman–Crippen MR) is 59.3 cm³/mol. The lowest BCUT2D eigenvalue weighted by molar-refractivity contribution is 1.29. The van der Waals surface area contributed by atoms with Gasteiger partial charge in [0.1, 0.15) is 0 Å². The highest BCUT2D eigenvalue weighted by Gasteiger charge is 2.11. The molecule has 0 unspecified atom stereocenters. The minimum Gasteiger partial charge on any atom is -0.134 e. The van der Waals surface area contributed by atoms with Crippen LogP contribution >= 0.6 is 27.7 Å². The first kappa shape index (κ1) is 8.39. The van der Waals surface area contributed by atoms with Crippen LogP contribution in [0.3, 0.4) is 0 Å². The molecule has 0 bridgehead atoms. The van der Waals surface area contributed by atoms with E-state index in [0.717, 1.165) is 6.42 Å². The maximum atomic E-state index is 3.47. The highest BCUT2D eigenvalue weighted by Crippen LogP contribution is 2.31. The molecule has 1 aliphatic rings. The summed E-state index contributed by atoms with van der Waals surface area (Å²) in [5.41, 5.74) is 2.82. The Bertz CT molecular complexity index is 342. The molecule has 0 spiro atoms. The first-order chi connectivity index (χ1) is 5.79. The Morgan fingerprint density at radius 1 is 1.42 bits per heavy atom. The van der Waals surface area contributed by atoms with Crippen LogP contribution in [0.4, 0.5) is 0 Å². The van der Waals surface area contributed by atoms with Crippen LogP contribution in [0.15, 0.2) is 27.6 Å². The zero-order valence-corrected chi connectivity index (χ0v) is 9.21. The van der Waals surface area contributed by atoms with Crippen molar-refractivity contribution in [2.45, 2.75) is 6.42 Å². The summed E-state index contributed by atoms with van der Waals surface area (Å²) in [5.74, 6) is 0. The average molecular weight is 241 g/mol. The second-order valence-corrected chi connectivity index (χ2v) is 4.68. The molecule has 0 aromatic heterocycles. The lowest BCUT2D eigenvalue weighted by Crippen LogP contribution is -1.81. The van der Waals surface area contributed by atoms with Gasteiger partial charge in [-0.05, 0) is 40.5 Å². The van der Waals surface area contributed by atoms with Crippen LogP contribution in [0.5, 0.6) is 0 Å². The van der Waals surface area contributed by atoms with Crippen LogP contribution in [0.1, 0.15) is 11.1 Å². The Labute approximate surface area is 85.2 Å². The summed E-state index contributed by atoms with van der Waals surface area (Å²) in [6, 6.07) is 6.48. The van der Waals surface area contributed by atoms with Crippen LogP contribution in [0.2, 0.25) is 0 Å². The van der Waals surface area contributed by atoms with Crippen molar-refractivity contribution in [3.05, 3.63) is 38.7 Å². The van der Waals surface area contributed by atoms with Crippen LogP contribution in [0, 0.1) is 0 Å². The Hall–Kier alpha value is -0.210. The van der Waals surface area contributed by atoms with E-state index in [9.17, 15) is 0 Å². The van der Waals surface area contributed by atoms with E-state index in [4.69, 9.17) is 0 Å². The van der Waals surface area contributed by atoms with Gasteiger partial charge in [0.05, 0.1) is 0 Å². The van der Waals surface area contributed by atoms with Gasteiger partial charge >= 0.3 is 0 Å². The number of benzene rings is 1. The molecular weight excluding hydrogens is 232 g/mol. The van der Waals surface area contributed by atoms with E-state index >= 15 is 0 Å². The van der Waals surface area contributed by atoms with Gasteiger partial charge in [-0.2, -0.15) is 0 Å². The third kappa shape index (κ3) is 1.46. The molecule has 0 heterocycles. The summed E-state index contributed by atoms with van der Waals surface area (Å²) in [4.78, 5) is 1.46. The molecule has 0 radical (unpaired) electrons. The average Bonchev–Trinajstić information content (AvgIpc) is 2.46. The van der Waals surface area contributed by atoms with Crippen molar-refractivity contribution in [3.8, 4) is 0 Å². The summed E-state index contributed by atoms with van der Waals surface area (Å²) in [6.07, 6.45) is 5.52. The fourth-order valence-electron chi connectivity index (χ4n) is 1.40. The Balaban J connectivity index is 2.42. The zero-order valence-electron chi connectivity index (χ0n) is 6.80. The van der Waals surface area contributed by atoms with E-state index in [0.29, 0.717) is 0 Å². The van der Waals surface area contributed by atoms with Crippen molar-refractivity contribution in [1.29, 1.82) is 0 Å². The number of hydrogen-bond acceptors (Lipinski definition) is 1. The summed E-state index contributed by atoms with van der Waals surface area (Å²) in [5, 5.41) is 0. The number of rotatable bonds is 1. The highest BCUT2D eigenvalue weighted by atomic mass is 79.9. The molecule has 2 heteroatoms. The van der Waals surface area contributed by atoms with Crippen LogP contribution in [-0.2, 0) is 6.42 Å². The van der Waals surface area contributed by atoms with Gasteiger partial charge < -0.3 is 0 Å². The fourth-order valence-corrected chi connectivity index (χ4v) is 2.33. The Morgan fingerprint density at radius 3 is 3.00 bits per heavy atom. The molecule has 0 aliphatic heterocycles. The Morgan fingerprint density at radius 2 is 2.25 bits per heavy atom. The van der Waals surface area contributed by atoms with Crippen molar-refractivity contribution in [2.75, 3.05) is 6.26 Å². The quantitative estimate of drug-likeness (QED) is 0.722. The van der Waals surface area contributed by atoms with Crippen LogP contribution in [0.25, 0.3) is 6.08 Å². The van der Waals surface area contributed by atoms with E-state index < -0.39 is 0 Å². The van der Waals surface area contributed by atoms with Crippen molar-refractivity contribution in [1.82, 2.24) is 0 Å². The number of fused-ring (bicyclic) bond motifs is 1. The van der Waals surface area contributed by atoms with Gasteiger partial charge in [-0.3, -0.25) is 0 Å². The topological polar surface area (TPSA) is 0 Å². The van der Waals surface area contributed by atoms with E-state index in [1.54, 1.807) is 0 Å². The minimum atomic E-state index is 1.11. The normalized spacial score (nSPS) is 14.3. The van der Waals surface area contributed by atoms with Gasteiger partial charge in [0.2, 0.25) is 0 Å². The molecule has 0 amide bonds. The lowest BCUT2D eigenvalue weighted by atomic mass is 10.1. The van der Waals surface area contributed by atoms with E-state index in [1.165, 1.54) is 20.5 Å². The first-order valence-corrected chi connectivity index (χ1v) is 5.84. The molecule has 1 aromatic rings. The number of thioether (sulfide) groups is 1. The van der Waals surface area contributed by atoms with E-state index in [1.807, 2.05) is 11.8 Å². The molecule has 1 aliphatic carbocycles. The molecule has 0 fully saturated rings. The first-order valence-electron chi connectivity index (χ1n) is 3.82. The van der Waals surface area contributed by atoms with Crippen molar-refractivity contribution < 1.29 is 0 Å². The molecule has 1 aromatic carbocycles. The molecule has 0 nitrogen and oxygen atoms in total. The third-order valence-electron chi connectivity index (χ3n) is 2.05. The molecule has 12 heavy (non-hydrogen) atoms. The molecule has 0 atom stereocenters. The van der Waals surface area contributed by atoms with Crippen molar-refractivity contribution in [3.63, 3.8) is 0 Å². The molecule has 0 N–H and O–H groups in total. The van der Waals surface area contributed by atoms with Gasteiger partial charge in [0, 0.05) is 10.9 Å². The van der Waals surface area contributed by atoms with Gasteiger partial charge in [-0.15, -0.1) is 11.8 Å². The third-order valence-corrected chi connectivity index (χ3v) is 3.33. The number of allylic oxidation sites excluding steroid dienone is 1. The summed E-state index contributed by atoms with van der Waals surface area (Å²) in [6.45, 7) is 0. The van der Waals surface area contributed by atoms with Crippen molar-refractivity contribution in [2.24, 2.45) is 0 Å². The maximum Gasteiger partial charge on any atom is 0.0181 e. The number of halogens is 1. The SMILES string of the molecule is CSC1=Cc2cc(Br)ccc2C1. The van der Waals surface area contributed by atoms with Gasteiger partial charge in [0.15, 0.2) is 0 Å². The number of hydrogen-bond donors (Lipinski definition) is 0. The summed E-state index contributed by atoms with van der Waals surface area (Å²) >= 11 is 5.31. The van der Waals surface area contributed by atoms with Crippen LogP contribution in [-0.4, -0.2) is 6.26 Å². The van der Waals surface area contributed by atoms with Crippen LogP contribution < -0.4 is 0 Å². The second-order valence-electron chi connectivity index (χ2n) is 2.83. The molecule has 0 saturated heterocycles. The largest absolute Gasteiger partial charge is 0.134 e. The van der Waals surface area contributed by atoms with E-state index in [-0.39, 0.29) is 0 Å². The van der Waals surface area contributed by atoms with Crippen molar-refractivity contribution >= 4 is 33.8 Å². The Kier molecular flexibility index (Phi) is 2.28. The zero-order chi connectivity index (χ0) is 8.55. The summed E-state index contributed by atoms with van der Waals surface area (Å²) in [7, 11) is 0. The fraction of sp³-hybridized carbons (Fsp3) is 0.200. The molecule has 2 rings (SSSR count). The molecule has 62 valence electrons. The van der Waals surface area contributed by atoms with Gasteiger partial charge in [-0.1, -0.05) is 22.0 Å². The molecular formula is C10H9BrS. The maximum absolute atomic E-state index is 3.47. The highest BCUT2D eigenvalue weighted by molar-refractivity contribution is 9.10. The monoisotopic (exact) mass is 240 g/mol. The standard InChI is InChI=1S/C10H9BrS/c1-12-10-5-7-2-3-9(11)4-8(7)6-10/h2-4,6H,5H2,1H3. The van der Waals surface area contributed by atoms with Gasteiger partial charge in [-0.25, -0.2) is 0 Å². The second kappa shape index (κ2) is 3.27. The molecule has 0 saturated carbocycles. The minimum absolute atomic E-state index is 1.11.